The number of benzene rings is 1. The van der Waals surface area contributed by atoms with E-state index >= 15 is 0 Å². The fourth-order valence-corrected chi connectivity index (χ4v) is 2.90. The normalized spacial score (nSPS) is 10.7. The van der Waals surface area contributed by atoms with E-state index in [1.54, 1.807) is 11.3 Å². The van der Waals surface area contributed by atoms with Crippen LogP contribution in [0.25, 0.3) is 16.4 Å². The van der Waals surface area contributed by atoms with Crippen LogP contribution >= 0.6 is 39.5 Å². The lowest BCUT2D eigenvalue weighted by atomic mass is 10.3. The second-order valence-corrected chi connectivity index (χ2v) is 5.89. The van der Waals surface area contributed by atoms with Crippen LogP contribution in [0.1, 0.15) is 0 Å². The summed E-state index contributed by atoms with van der Waals surface area (Å²) in [6.07, 6.45) is 0. The summed E-state index contributed by atoms with van der Waals surface area (Å²) in [6.45, 7) is 0. The second-order valence-electron chi connectivity index (χ2n) is 3.64. The molecule has 6 heteroatoms. The molecule has 0 radical (unpaired) electrons. The van der Waals surface area contributed by atoms with Gasteiger partial charge in [0.15, 0.2) is 10.6 Å². The van der Waals surface area contributed by atoms with Crippen molar-refractivity contribution in [3.05, 3.63) is 51.0 Å². The summed E-state index contributed by atoms with van der Waals surface area (Å²) in [7, 11) is 0. The number of nitrogens with zero attached hydrogens (tertiary/aromatic N) is 2. The van der Waals surface area contributed by atoms with E-state index in [0.29, 0.717) is 4.77 Å². The smallest absolute Gasteiger partial charge is 0.200 e. The number of aromatic amines is 1. The Kier molecular flexibility index (Phi) is 3.15. The van der Waals surface area contributed by atoms with Crippen molar-refractivity contribution in [3.63, 3.8) is 0 Å². The number of H-pyrrole nitrogens is 1. The highest BCUT2D eigenvalue weighted by atomic mass is 79.9. The summed E-state index contributed by atoms with van der Waals surface area (Å²) in [5.41, 5.74) is 1.00. The van der Waals surface area contributed by atoms with Crippen LogP contribution in [0.15, 0.2) is 46.3 Å². The minimum absolute atomic E-state index is 0.598. The maximum atomic E-state index is 5.30. The van der Waals surface area contributed by atoms with Gasteiger partial charge < -0.3 is 0 Å². The van der Waals surface area contributed by atoms with Crippen molar-refractivity contribution in [2.24, 2.45) is 0 Å². The lowest BCUT2D eigenvalue weighted by Gasteiger charge is -2.05. The highest BCUT2D eigenvalue weighted by Gasteiger charge is 2.11. The van der Waals surface area contributed by atoms with Gasteiger partial charge in [-0.1, -0.05) is 22.0 Å². The SMILES string of the molecule is S=c1[nH]nc(-c2cccs2)n1-c1ccc(Br)cc1. The van der Waals surface area contributed by atoms with Crippen molar-refractivity contribution < 1.29 is 0 Å². The number of aromatic nitrogens is 3. The van der Waals surface area contributed by atoms with Gasteiger partial charge in [0, 0.05) is 4.47 Å². The maximum Gasteiger partial charge on any atom is 0.200 e. The molecule has 3 aromatic rings. The molecular formula is C12H8BrN3S2. The lowest BCUT2D eigenvalue weighted by Crippen LogP contribution is -1.96. The van der Waals surface area contributed by atoms with Gasteiger partial charge in [0.05, 0.1) is 10.6 Å². The van der Waals surface area contributed by atoms with E-state index in [1.165, 1.54) is 0 Å². The Morgan fingerprint density at radius 3 is 2.67 bits per heavy atom. The Morgan fingerprint density at radius 2 is 2.00 bits per heavy atom. The van der Waals surface area contributed by atoms with E-state index in [9.17, 15) is 0 Å². The molecule has 3 nitrogen and oxygen atoms in total. The molecule has 0 aliphatic rings. The largest absolute Gasteiger partial charge is 0.267 e. The first kappa shape index (κ1) is 11.8. The van der Waals surface area contributed by atoms with Gasteiger partial charge >= 0.3 is 0 Å². The van der Waals surface area contributed by atoms with Gasteiger partial charge in [-0.3, -0.25) is 9.67 Å². The Labute approximate surface area is 121 Å². The monoisotopic (exact) mass is 337 g/mol. The molecular weight excluding hydrogens is 330 g/mol. The molecule has 18 heavy (non-hydrogen) atoms. The van der Waals surface area contributed by atoms with Crippen molar-refractivity contribution >= 4 is 39.5 Å². The van der Waals surface area contributed by atoms with E-state index in [4.69, 9.17) is 12.2 Å². The van der Waals surface area contributed by atoms with Gasteiger partial charge in [-0.05, 0) is 47.9 Å². The summed E-state index contributed by atoms with van der Waals surface area (Å²) in [5, 5.41) is 9.18. The molecule has 0 saturated carbocycles. The van der Waals surface area contributed by atoms with Crippen LogP contribution in [0.4, 0.5) is 0 Å². The molecule has 2 aromatic heterocycles. The number of hydrogen-bond acceptors (Lipinski definition) is 3. The van der Waals surface area contributed by atoms with Crippen LogP contribution in [0.3, 0.4) is 0 Å². The summed E-state index contributed by atoms with van der Waals surface area (Å²) in [4.78, 5) is 1.09. The fourth-order valence-electron chi connectivity index (χ4n) is 1.70. The van der Waals surface area contributed by atoms with E-state index in [-0.39, 0.29) is 0 Å². The summed E-state index contributed by atoms with van der Waals surface area (Å²) < 4.78 is 3.58. The number of hydrogen-bond donors (Lipinski definition) is 1. The van der Waals surface area contributed by atoms with Crippen LogP contribution in [-0.4, -0.2) is 14.8 Å². The first-order chi connectivity index (χ1) is 8.75. The average molecular weight is 338 g/mol. The Balaban J connectivity index is 2.20. The van der Waals surface area contributed by atoms with Crippen molar-refractivity contribution in [1.29, 1.82) is 0 Å². The molecule has 0 fully saturated rings. The third-order valence-corrected chi connectivity index (χ3v) is 4.17. The highest BCUT2D eigenvalue weighted by Crippen LogP contribution is 2.26. The van der Waals surface area contributed by atoms with Crippen molar-refractivity contribution in [3.8, 4) is 16.4 Å². The van der Waals surface area contributed by atoms with Gasteiger partial charge in [-0.2, -0.15) is 5.10 Å². The zero-order valence-corrected chi connectivity index (χ0v) is 12.3. The van der Waals surface area contributed by atoms with Crippen LogP contribution in [0.2, 0.25) is 0 Å². The maximum absolute atomic E-state index is 5.30. The summed E-state index contributed by atoms with van der Waals surface area (Å²) in [5.74, 6) is 0.845. The van der Waals surface area contributed by atoms with Crippen LogP contribution in [0.5, 0.6) is 0 Å². The Bertz CT molecular complexity index is 711. The molecule has 90 valence electrons. The molecule has 0 spiro atoms. The topological polar surface area (TPSA) is 33.6 Å². The van der Waals surface area contributed by atoms with Crippen molar-refractivity contribution in [1.82, 2.24) is 14.8 Å². The van der Waals surface area contributed by atoms with Gasteiger partial charge in [0.25, 0.3) is 0 Å². The van der Waals surface area contributed by atoms with Crippen LogP contribution in [-0.2, 0) is 0 Å². The average Bonchev–Trinajstić information content (AvgIpc) is 2.99. The van der Waals surface area contributed by atoms with Gasteiger partial charge in [-0.15, -0.1) is 11.3 Å². The van der Waals surface area contributed by atoms with E-state index in [2.05, 4.69) is 26.1 Å². The first-order valence-electron chi connectivity index (χ1n) is 5.23. The predicted octanol–water partition coefficient (Wildman–Crippen LogP) is 4.42. The molecule has 1 N–H and O–H groups in total. The standard InChI is InChI=1S/C12H8BrN3S2/c13-8-3-5-9(6-4-8)16-11(14-15-12(16)17)10-2-1-7-18-10/h1-7H,(H,15,17). The molecule has 0 aliphatic carbocycles. The molecule has 0 bridgehead atoms. The molecule has 0 aliphatic heterocycles. The zero-order valence-electron chi connectivity index (χ0n) is 9.13. The second kappa shape index (κ2) is 4.79. The summed E-state index contributed by atoms with van der Waals surface area (Å²) in [6, 6.07) is 12.0. The van der Waals surface area contributed by atoms with Gasteiger partial charge in [0.1, 0.15) is 0 Å². The van der Waals surface area contributed by atoms with Gasteiger partial charge in [0.2, 0.25) is 0 Å². The zero-order chi connectivity index (χ0) is 12.5. The number of nitrogens with one attached hydrogen (secondary N) is 1. The van der Waals surface area contributed by atoms with Crippen molar-refractivity contribution in [2.45, 2.75) is 0 Å². The van der Waals surface area contributed by atoms with Crippen LogP contribution in [0, 0.1) is 4.77 Å². The molecule has 3 rings (SSSR count). The minimum Gasteiger partial charge on any atom is -0.267 e. The fraction of sp³-hybridized carbons (Fsp3) is 0. The van der Waals surface area contributed by atoms with E-state index < -0.39 is 0 Å². The molecule has 0 atom stereocenters. The Morgan fingerprint density at radius 1 is 1.22 bits per heavy atom. The molecule has 2 heterocycles. The first-order valence-corrected chi connectivity index (χ1v) is 7.31. The number of halogens is 1. The van der Waals surface area contributed by atoms with Gasteiger partial charge in [-0.25, -0.2) is 0 Å². The third kappa shape index (κ3) is 2.07. The van der Waals surface area contributed by atoms with Crippen LogP contribution < -0.4 is 0 Å². The minimum atomic E-state index is 0.598. The quantitative estimate of drug-likeness (QED) is 0.702. The molecule has 0 saturated heterocycles. The predicted molar refractivity (Wildman–Crippen MR) is 79.8 cm³/mol. The van der Waals surface area contributed by atoms with E-state index in [0.717, 1.165) is 20.9 Å². The van der Waals surface area contributed by atoms with Crippen molar-refractivity contribution in [2.75, 3.05) is 0 Å². The number of rotatable bonds is 2. The number of thiophene rings is 1. The lowest BCUT2D eigenvalue weighted by molar-refractivity contribution is 1.04. The van der Waals surface area contributed by atoms with E-state index in [1.807, 2.05) is 46.3 Å². The summed E-state index contributed by atoms with van der Waals surface area (Å²) >= 11 is 10.4. The highest BCUT2D eigenvalue weighted by molar-refractivity contribution is 9.10. The molecule has 1 aromatic carbocycles. The molecule has 0 unspecified atom stereocenters. The third-order valence-electron chi connectivity index (χ3n) is 2.50. The Hall–Kier alpha value is -1.24. The molecule has 0 amide bonds.